The van der Waals surface area contributed by atoms with Gasteiger partial charge in [-0.15, -0.1) is 11.3 Å². The van der Waals surface area contributed by atoms with Gasteiger partial charge in [0.05, 0.1) is 37.9 Å². The van der Waals surface area contributed by atoms with E-state index in [1.165, 1.54) is 11.3 Å². The fourth-order valence-corrected chi connectivity index (χ4v) is 2.03. The molecule has 6 nitrogen and oxygen atoms in total. The van der Waals surface area contributed by atoms with Crippen LogP contribution in [0.4, 0.5) is 0 Å². The van der Waals surface area contributed by atoms with Crippen molar-refractivity contribution in [1.29, 1.82) is 0 Å². The zero-order chi connectivity index (χ0) is 13.2. The quantitative estimate of drug-likeness (QED) is 0.297. The van der Waals surface area contributed by atoms with Gasteiger partial charge in [0.25, 0.3) is 5.91 Å². The summed E-state index contributed by atoms with van der Waals surface area (Å²) < 4.78 is 15.5. The third kappa shape index (κ3) is 5.56. The topological polar surface area (TPSA) is 82.8 Å². The molecule has 102 valence electrons. The van der Waals surface area contributed by atoms with Crippen molar-refractivity contribution in [3.05, 3.63) is 21.9 Å². The smallest absolute Gasteiger partial charge is 0.275 e. The van der Waals surface area contributed by atoms with Crippen molar-refractivity contribution < 1.29 is 19.0 Å². The van der Waals surface area contributed by atoms with E-state index < -0.39 is 0 Å². The van der Waals surface area contributed by atoms with Gasteiger partial charge in [-0.1, -0.05) is 0 Å². The molecule has 1 amide bonds. The number of thiophene rings is 1. The molecule has 0 radical (unpaired) electrons. The molecule has 18 heavy (non-hydrogen) atoms. The van der Waals surface area contributed by atoms with E-state index >= 15 is 0 Å². The van der Waals surface area contributed by atoms with Crippen LogP contribution in [0.1, 0.15) is 14.5 Å². The molecule has 0 saturated heterocycles. The van der Waals surface area contributed by atoms with Crippen molar-refractivity contribution >= 4 is 17.2 Å². The van der Waals surface area contributed by atoms with Gasteiger partial charge in [0.2, 0.25) is 0 Å². The van der Waals surface area contributed by atoms with Gasteiger partial charge in [-0.2, -0.15) is 0 Å². The Bertz CT molecular complexity index is 357. The van der Waals surface area contributed by atoms with Gasteiger partial charge >= 0.3 is 0 Å². The Kier molecular flexibility index (Phi) is 7.54. The number of amides is 1. The first-order chi connectivity index (χ1) is 8.77. The molecule has 0 bridgehead atoms. The number of nitrogen functional groups attached to an aromatic ring is 1. The summed E-state index contributed by atoms with van der Waals surface area (Å²) in [4.78, 5) is 12.8. The van der Waals surface area contributed by atoms with Gasteiger partial charge < -0.3 is 14.2 Å². The Balaban J connectivity index is 2.12. The van der Waals surface area contributed by atoms with Crippen molar-refractivity contribution in [3.63, 3.8) is 0 Å². The Hall–Kier alpha value is -0.990. The van der Waals surface area contributed by atoms with Crippen LogP contribution in [0.3, 0.4) is 0 Å². The summed E-state index contributed by atoms with van der Waals surface area (Å²) >= 11 is 1.36. The van der Waals surface area contributed by atoms with Crippen LogP contribution in [0.2, 0.25) is 0 Å². The lowest BCUT2D eigenvalue weighted by Crippen LogP contribution is -2.29. The van der Waals surface area contributed by atoms with Crippen LogP contribution in [0.5, 0.6) is 0 Å². The molecule has 0 aliphatic carbocycles. The van der Waals surface area contributed by atoms with E-state index in [4.69, 9.17) is 20.1 Å². The van der Waals surface area contributed by atoms with Crippen LogP contribution in [0.25, 0.3) is 0 Å². The predicted molar refractivity (Wildman–Crippen MR) is 68.3 cm³/mol. The first-order valence-electron chi connectivity index (χ1n) is 5.52. The maximum Gasteiger partial charge on any atom is 0.275 e. The highest BCUT2D eigenvalue weighted by molar-refractivity contribution is 7.14. The van der Waals surface area contributed by atoms with E-state index in [0.717, 1.165) is 4.88 Å². The summed E-state index contributed by atoms with van der Waals surface area (Å²) in [5, 5.41) is 0. The number of hydrogen-bond donors (Lipinski definition) is 2. The fraction of sp³-hybridized carbons (Fsp3) is 0.545. The molecule has 1 rings (SSSR count). The highest BCUT2D eigenvalue weighted by Gasteiger charge is 2.07. The number of nitrogens with one attached hydrogen (secondary N) is 1. The Morgan fingerprint density at radius 3 is 2.72 bits per heavy atom. The van der Waals surface area contributed by atoms with Gasteiger partial charge in [-0.25, -0.2) is 5.84 Å². The highest BCUT2D eigenvalue weighted by Crippen LogP contribution is 2.16. The largest absolute Gasteiger partial charge is 0.382 e. The van der Waals surface area contributed by atoms with Crippen LogP contribution >= 0.6 is 11.3 Å². The lowest BCUT2D eigenvalue weighted by atomic mass is 10.4. The second-order valence-electron chi connectivity index (χ2n) is 3.40. The maximum absolute atomic E-state index is 11.2. The first kappa shape index (κ1) is 15.1. The van der Waals surface area contributed by atoms with Crippen molar-refractivity contribution in [2.24, 2.45) is 5.84 Å². The number of hydrogen-bond acceptors (Lipinski definition) is 6. The second-order valence-corrected chi connectivity index (χ2v) is 4.57. The molecule has 7 heteroatoms. The van der Waals surface area contributed by atoms with Crippen molar-refractivity contribution in [3.8, 4) is 0 Å². The van der Waals surface area contributed by atoms with Crippen LogP contribution < -0.4 is 11.3 Å². The summed E-state index contributed by atoms with van der Waals surface area (Å²) in [7, 11) is 1.63. The Labute approximate surface area is 110 Å². The number of rotatable bonds is 9. The predicted octanol–water partition coefficient (Wildman–Crippen LogP) is 0.531. The van der Waals surface area contributed by atoms with Crippen LogP contribution in [0, 0.1) is 0 Å². The van der Waals surface area contributed by atoms with Gasteiger partial charge in [-0.3, -0.25) is 10.2 Å². The third-order valence-corrected chi connectivity index (χ3v) is 3.12. The van der Waals surface area contributed by atoms with Gasteiger partial charge in [0.1, 0.15) is 0 Å². The van der Waals surface area contributed by atoms with E-state index in [1.807, 2.05) is 6.07 Å². The average Bonchev–Trinajstić information content (AvgIpc) is 2.85. The highest BCUT2D eigenvalue weighted by atomic mass is 32.1. The minimum Gasteiger partial charge on any atom is -0.382 e. The summed E-state index contributed by atoms with van der Waals surface area (Å²) in [5.74, 6) is 4.76. The zero-order valence-corrected chi connectivity index (χ0v) is 11.1. The first-order valence-corrected chi connectivity index (χ1v) is 6.33. The van der Waals surface area contributed by atoms with E-state index in [0.29, 0.717) is 37.9 Å². The SMILES string of the molecule is COCCOCCOCc1ccc(C(=O)NN)s1. The molecule has 0 aliphatic heterocycles. The number of methoxy groups -OCH3 is 1. The molecule has 3 N–H and O–H groups in total. The fourth-order valence-electron chi connectivity index (χ4n) is 1.18. The molecule has 0 unspecified atom stereocenters. The van der Waals surface area contributed by atoms with E-state index in [2.05, 4.69) is 5.43 Å². The number of ether oxygens (including phenoxy) is 3. The number of hydrazine groups is 1. The average molecular weight is 274 g/mol. The second kappa shape index (κ2) is 9.01. The molecule has 1 heterocycles. The van der Waals surface area contributed by atoms with Crippen LogP contribution in [0.15, 0.2) is 12.1 Å². The molecule has 1 aromatic rings. The maximum atomic E-state index is 11.2. The molecule has 0 aromatic carbocycles. The number of carbonyl (C=O) groups excluding carboxylic acids is 1. The summed E-state index contributed by atoms with van der Waals surface area (Å²) in [6, 6.07) is 3.57. The van der Waals surface area contributed by atoms with Gasteiger partial charge in [0, 0.05) is 12.0 Å². The van der Waals surface area contributed by atoms with Gasteiger partial charge in [-0.05, 0) is 12.1 Å². The molecular weight excluding hydrogens is 256 g/mol. The van der Waals surface area contributed by atoms with E-state index in [-0.39, 0.29) is 5.91 Å². The summed E-state index contributed by atoms with van der Waals surface area (Å²) in [5.41, 5.74) is 2.09. The van der Waals surface area contributed by atoms with E-state index in [1.54, 1.807) is 13.2 Å². The molecule has 0 fully saturated rings. The van der Waals surface area contributed by atoms with Crippen molar-refractivity contribution in [2.45, 2.75) is 6.61 Å². The molecule has 0 spiro atoms. The monoisotopic (exact) mass is 274 g/mol. The summed E-state index contributed by atoms with van der Waals surface area (Å²) in [6.07, 6.45) is 0. The Morgan fingerprint density at radius 1 is 1.28 bits per heavy atom. The number of carbonyl (C=O) groups is 1. The molecule has 0 atom stereocenters. The van der Waals surface area contributed by atoms with Crippen molar-refractivity contribution in [2.75, 3.05) is 33.5 Å². The molecule has 1 aromatic heterocycles. The lowest BCUT2D eigenvalue weighted by molar-refractivity contribution is 0.0205. The van der Waals surface area contributed by atoms with E-state index in [9.17, 15) is 4.79 Å². The van der Waals surface area contributed by atoms with Gasteiger partial charge in [0.15, 0.2) is 0 Å². The Morgan fingerprint density at radius 2 is 2.00 bits per heavy atom. The van der Waals surface area contributed by atoms with Crippen molar-refractivity contribution in [1.82, 2.24) is 5.43 Å². The lowest BCUT2D eigenvalue weighted by Gasteiger charge is -2.04. The third-order valence-electron chi connectivity index (χ3n) is 2.06. The zero-order valence-electron chi connectivity index (χ0n) is 10.3. The minimum absolute atomic E-state index is 0.283. The molecule has 0 saturated carbocycles. The summed E-state index contributed by atoms with van der Waals surface area (Å²) in [6.45, 7) is 2.67. The van der Waals surface area contributed by atoms with Crippen LogP contribution in [-0.4, -0.2) is 39.4 Å². The van der Waals surface area contributed by atoms with Crippen LogP contribution in [-0.2, 0) is 20.8 Å². The standard InChI is InChI=1S/C11H18N2O4S/c1-15-4-5-16-6-7-17-8-9-2-3-10(18-9)11(14)13-12/h2-3H,4-8,12H2,1H3,(H,13,14). The molecule has 0 aliphatic rings. The normalized spacial score (nSPS) is 10.6. The minimum atomic E-state index is -0.283. The number of nitrogens with two attached hydrogens (primary N) is 1. The molecular formula is C11H18N2O4S.